The zero-order valence-corrected chi connectivity index (χ0v) is 7.89. The maximum absolute atomic E-state index is 9.63. The van der Waals surface area contributed by atoms with Crippen molar-refractivity contribution in [3.8, 4) is 0 Å². The van der Waals surface area contributed by atoms with E-state index < -0.39 is 6.10 Å². The van der Waals surface area contributed by atoms with Gasteiger partial charge in [-0.3, -0.25) is 0 Å². The average molecular weight is 168 g/mol. The summed E-state index contributed by atoms with van der Waals surface area (Å²) in [6, 6.07) is 0. The maximum Gasteiger partial charge on any atom is 0.103 e. The summed E-state index contributed by atoms with van der Waals surface area (Å²) in [6.07, 6.45) is 1.36. The molecule has 0 fully saturated rings. The fraction of sp³-hybridized carbons (Fsp3) is 0.667. The van der Waals surface area contributed by atoms with Gasteiger partial charge in [-0.2, -0.15) is 0 Å². The molecule has 1 aromatic rings. The molecule has 1 rings (SSSR count). The van der Waals surface area contributed by atoms with Crippen molar-refractivity contribution in [2.24, 2.45) is 0 Å². The van der Waals surface area contributed by atoms with E-state index in [1.165, 1.54) is 0 Å². The Morgan fingerprint density at radius 1 is 1.50 bits per heavy atom. The minimum Gasteiger partial charge on any atom is -0.387 e. The Morgan fingerprint density at radius 2 is 2.17 bits per heavy atom. The number of nitrogens with zero attached hydrogens (tertiary/aromatic N) is 1. The van der Waals surface area contributed by atoms with Gasteiger partial charge < -0.3 is 10.1 Å². The van der Waals surface area contributed by atoms with Crippen LogP contribution in [-0.2, 0) is 0 Å². The minimum atomic E-state index is -0.403. The SMILES string of the molecule is CCCC(O)c1nc(C)[nH]c1C. The molecule has 12 heavy (non-hydrogen) atoms. The van der Waals surface area contributed by atoms with E-state index in [1.54, 1.807) is 0 Å². The predicted molar refractivity (Wildman–Crippen MR) is 47.9 cm³/mol. The van der Waals surface area contributed by atoms with Gasteiger partial charge in [-0.05, 0) is 20.3 Å². The number of aromatic nitrogens is 2. The average Bonchev–Trinajstić information content (AvgIpc) is 2.30. The summed E-state index contributed by atoms with van der Waals surface area (Å²) in [6.45, 7) is 5.89. The van der Waals surface area contributed by atoms with Gasteiger partial charge in [-0.15, -0.1) is 0 Å². The molecule has 0 aromatic carbocycles. The molecule has 0 saturated carbocycles. The molecule has 1 unspecified atom stereocenters. The van der Waals surface area contributed by atoms with Crippen LogP contribution in [-0.4, -0.2) is 15.1 Å². The van der Waals surface area contributed by atoms with Crippen molar-refractivity contribution in [2.45, 2.75) is 39.7 Å². The van der Waals surface area contributed by atoms with E-state index in [0.29, 0.717) is 0 Å². The van der Waals surface area contributed by atoms with Crippen LogP contribution in [0.2, 0.25) is 0 Å². The highest BCUT2D eigenvalue weighted by Gasteiger charge is 2.12. The molecule has 0 aliphatic heterocycles. The Kier molecular flexibility index (Phi) is 2.87. The Hall–Kier alpha value is -0.830. The maximum atomic E-state index is 9.63. The van der Waals surface area contributed by atoms with Gasteiger partial charge in [-0.25, -0.2) is 4.98 Å². The zero-order chi connectivity index (χ0) is 9.14. The van der Waals surface area contributed by atoms with Gasteiger partial charge >= 0.3 is 0 Å². The lowest BCUT2D eigenvalue weighted by molar-refractivity contribution is 0.161. The van der Waals surface area contributed by atoms with Gasteiger partial charge in [-0.1, -0.05) is 13.3 Å². The normalized spacial score (nSPS) is 13.3. The van der Waals surface area contributed by atoms with E-state index in [1.807, 2.05) is 13.8 Å². The number of hydrogen-bond donors (Lipinski definition) is 2. The minimum absolute atomic E-state index is 0.403. The summed E-state index contributed by atoms with van der Waals surface area (Å²) in [5, 5.41) is 9.63. The van der Waals surface area contributed by atoms with Crippen LogP contribution in [0.25, 0.3) is 0 Å². The molecular formula is C9H16N2O. The molecule has 0 spiro atoms. The van der Waals surface area contributed by atoms with Crippen LogP contribution in [0.1, 0.15) is 43.1 Å². The van der Waals surface area contributed by atoms with E-state index in [-0.39, 0.29) is 0 Å². The van der Waals surface area contributed by atoms with Gasteiger partial charge in [0.2, 0.25) is 0 Å². The van der Waals surface area contributed by atoms with E-state index in [4.69, 9.17) is 0 Å². The highest BCUT2D eigenvalue weighted by molar-refractivity contribution is 5.14. The third-order valence-corrected chi connectivity index (χ3v) is 1.92. The van der Waals surface area contributed by atoms with Crippen LogP contribution in [0.5, 0.6) is 0 Å². The van der Waals surface area contributed by atoms with Crippen LogP contribution < -0.4 is 0 Å². The van der Waals surface area contributed by atoms with Gasteiger partial charge in [0.15, 0.2) is 0 Å². The van der Waals surface area contributed by atoms with Gasteiger partial charge in [0.25, 0.3) is 0 Å². The van der Waals surface area contributed by atoms with Crippen LogP contribution in [0, 0.1) is 13.8 Å². The zero-order valence-electron chi connectivity index (χ0n) is 7.89. The van der Waals surface area contributed by atoms with E-state index in [2.05, 4.69) is 16.9 Å². The second kappa shape index (κ2) is 3.72. The van der Waals surface area contributed by atoms with E-state index in [0.717, 1.165) is 30.1 Å². The summed E-state index contributed by atoms with van der Waals surface area (Å²) in [7, 11) is 0. The Labute approximate surface area is 72.8 Å². The summed E-state index contributed by atoms with van der Waals surface area (Å²) < 4.78 is 0. The third-order valence-electron chi connectivity index (χ3n) is 1.92. The van der Waals surface area contributed by atoms with Crippen molar-refractivity contribution in [1.29, 1.82) is 0 Å². The summed E-state index contributed by atoms with van der Waals surface area (Å²) in [5.74, 6) is 0.873. The first-order valence-electron chi connectivity index (χ1n) is 4.36. The number of imidazole rings is 1. The topological polar surface area (TPSA) is 48.9 Å². The third kappa shape index (κ3) is 1.85. The smallest absolute Gasteiger partial charge is 0.103 e. The van der Waals surface area contributed by atoms with Crippen LogP contribution >= 0.6 is 0 Å². The van der Waals surface area contributed by atoms with Gasteiger partial charge in [0, 0.05) is 5.69 Å². The second-order valence-electron chi connectivity index (χ2n) is 3.14. The summed E-state index contributed by atoms with van der Waals surface area (Å²) in [4.78, 5) is 7.30. The number of rotatable bonds is 3. The highest BCUT2D eigenvalue weighted by atomic mass is 16.3. The molecule has 0 radical (unpaired) electrons. The molecule has 0 saturated heterocycles. The molecule has 0 aliphatic carbocycles. The Bertz CT molecular complexity index is 255. The molecule has 0 aliphatic rings. The largest absolute Gasteiger partial charge is 0.387 e. The summed E-state index contributed by atoms with van der Waals surface area (Å²) in [5.41, 5.74) is 1.78. The number of hydrogen-bond acceptors (Lipinski definition) is 2. The van der Waals surface area contributed by atoms with Crippen molar-refractivity contribution in [3.05, 3.63) is 17.2 Å². The lowest BCUT2D eigenvalue weighted by Gasteiger charge is -2.05. The van der Waals surface area contributed by atoms with Crippen LogP contribution in [0.4, 0.5) is 0 Å². The van der Waals surface area contributed by atoms with Gasteiger partial charge in [0.1, 0.15) is 5.82 Å². The molecular weight excluding hydrogens is 152 g/mol. The molecule has 0 amide bonds. The molecule has 1 heterocycles. The Morgan fingerprint density at radius 3 is 2.58 bits per heavy atom. The molecule has 3 heteroatoms. The second-order valence-corrected chi connectivity index (χ2v) is 3.14. The lowest BCUT2D eigenvalue weighted by atomic mass is 10.1. The lowest BCUT2D eigenvalue weighted by Crippen LogP contribution is -1.99. The fourth-order valence-corrected chi connectivity index (χ4v) is 1.36. The van der Waals surface area contributed by atoms with Crippen molar-refractivity contribution >= 4 is 0 Å². The predicted octanol–water partition coefficient (Wildman–Crippen LogP) is 1.86. The first kappa shape index (κ1) is 9.26. The Balaban J connectivity index is 2.79. The monoisotopic (exact) mass is 168 g/mol. The molecule has 1 atom stereocenters. The number of aromatic amines is 1. The first-order valence-corrected chi connectivity index (χ1v) is 4.36. The number of H-pyrrole nitrogens is 1. The van der Waals surface area contributed by atoms with Crippen molar-refractivity contribution < 1.29 is 5.11 Å². The van der Waals surface area contributed by atoms with Crippen molar-refractivity contribution in [1.82, 2.24) is 9.97 Å². The number of aliphatic hydroxyl groups excluding tert-OH is 1. The van der Waals surface area contributed by atoms with E-state index >= 15 is 0 Å². The molecule has 68 valence electrons. The number of aliphatic hydroxyl groups is 1. The highest BCUT2D eigenvalue weighted by Crippen LogP contribution is 2.19. The van der Waals surface area contributed by atoms with Crippen molar-refractivity contribution in [3.63, 3.8) is 0 Å². The summed E-state index contributed by atoms with van der Waals surface area (Å²) >= 11 is 0. The van der Waals surface area contributed by atoms with E-state index in [9.17, 15) is 5.11 Å². The van der Waals surface area contributed by atoms with Crippen LogP contribution in [0.3, 0.4) is 0 Å². The quantitative estimate of drug-likeness (QED) is 0.723. The van der Waals surface area contributed by atoms with Gasteiger partial charge in [0.05, 0.1) is 11.8 Å². The molecule has 0 bridgehead atoms. The first-order chi connectivity index (χ1) is 5.65. The molecule has 3 nitrogen and oxygen atoms in total. The molecule has 2 N–H and O–H groups in total. The fourth-order valence-electron chi connectivity index (χ4n) is 1.36. The standard InChI is InChI=1S/C9H16N2O/c1-4-5-8(12)9-6(2)10-7(3)11-9/h8,12H,4-5H2,1-3H3,(H,10,11). The molecule has 1 aromatic heterocycles. The van der Waals surface area contributed by atoms with Crippen molar-refractivity contribution in [2.75, 3.05) is 0 Å². The number of aryl methyl sites for hydroxylation is 2. The van der Waals surface area contributed by atoms with Crippen LogP contribution in [0.15, 0.2) is 0 Å². The number of nitrogens with one attached hydrogen (secondary N) is 1.